The van der Waals surface area contributed by atoms with Crippen LogP contribution in [0.1, 0.15) is 36.5 Å². The summed E-state index contributed by atoms with van der Waals surface area (Å²) in [5.41, 5.74) is 2.21. The Morgan fingerprint density at radius 1 is 1.26 bits per heavy atom. The number of aromatic nitrogens is 5. The second-order valence-electron chi connectivity index (χ2n) is 7.24. The van der Waals surface area contributed by atoms with Gasteiger partial charge in [-0.3, -0.25) is 9.59 Å². The maximum Gasteiger partial charge on any atom is 0.228 e. The SMILES string of the molecule is CCC(=O)c1cnc(NC(=O)C2CC2)cc1Nc1nccc(-c2cnn(C)n2)c1OC. The number of pyridine rings is 2. The van der Waals surface area contributed by atoms with E-state index in [2.05, 4.69) is 30.8 Å². The van der Waals surface area contributed by atoms with Crippen molar-refractivity contribution >= 4 is 29.0 Å². The monoisotopic (exact) mass is 421 g/mol. The first-order chi connectivity index (χ1) is 15.0. The molecule has 160 valence electrons. The molecule has 0 aliphatic heterocycles. The van der Waals surface area contributed by atoms with Gasteiger partial charge in [-0.05, 0) is 18.9 Å². The van der Waals surface area contributed by atoms with E-state index in [1.165, 1.54) is 18.1 Å². The van der Waals surface area contributed by atoms with Crippen LogP contribution >= 0.6 is 0 Å². The van der Waals surface area contributed by atoms with E-state index >= 15 is 0 Å². The minimum absolute atomic E-state index is 0.0422. The predicted octanol–water partition coefficient (Wildman–Crippen LogP) is 2.97. The first-order valence-electron chi connectivity index (χ1n) is 10.0. The van der Waals surface area contributed by atoms with E-state index in [4.69, 9.17) is 4.74 Å². The number of Topliss-reactive ketones (excluding diaryl/α,β-unsaturated/α-hetero) is 1. The Hall–Kier alpha value is -3.82. The quantitative estimate of drug-likeness (QED) is 0.532. The third-order valence-corrected chi connectivity index (χ3v) is 4.96. The number of rotatable bonds is 8. The summed E-state index contributed by atoms with van der Waals surface area (Å²) in [4.78, 5) is 34.7. The smallest absolute Gasteiger partial charge is 0.228 e. The molecule has 1 aliphatic carbocycles. The molecule has 0 atom stereocenters. The van der Waals surface area contributed by atoms with Crippen molar-refractivity contribution in [3.63, 3.8) is 0 Å². The van der Waals surface area contributed by atoms with Crippen molar-refractivity contribution < 1.29 is 14.3 Å². The zero-order chi connectivity index (χ0) is 22.0. The van der Waals surface area contributed by atoms with Crippen molar-refractivity contribution in [3.8, 4) is 17.0 Å². The van der Waals surface area contributed by atoms with Gasteiger partial charge < -0.3 is 15.4 Å². The number of methoxy groups -OCH3 is 1. The van der Waals surface area contributed by atoms with Crippen molar-refractivity contribution in [1.29, 1.82) is 0 Å². The van der Waals surface area contributed by atoms with E-state index in [-0.39, 0.29) is 17.6 Å². The van der Waals surface area contributed by atoms with Crippen molar-refractivity contribution in [1.82, 2.24) is 25.0 Å². The molecule has 31 heavy (non-hydrogen) atoms. The zero-order valence-electron chi connectivity index (χ0n) is 17.5. The third kappa shape index (κ3) is 4.37. The predicted molar refractivity (Wildman–Crippen MR) is 114 cm³/mol. The highest BCUT2D eigenvalue weighted by molar-refractivity contribution is 6.02. The number of aryl methyl sites for hydroxylation is 1. The van der Waals surface area contributed by atoms with E-state index in [0.717, 1.165) is 12.8 Å². The molecular weight excluding hydrogens is 398 g/mol. The van der Waals surface area contributed by atoms with Gasteiger partial charge in [-0.2, -0.15) is 15.0 Å². The topological polar surface area (TPSA) is 124 Å². The molecule has 0 saturated heterocycles. The van der Waals surface area contributed by atoms with Gasteiger partial charge in [-0.25, -0.2) is 9.97 Å². The normalized spacial score (nSPS) is 13.0. The highest BCUT2D eigenvalue weighted by atomic mass is 16.5. The van der Waals surface area contributed by atoms with Crippen LogP contribution in [-0.2, 0) is 11.8 Å². The van der Waals surface area contributed by atoms with Crippen LogP contribution in [0.2, 0.25) is 0 Å². The van der Waals surface area contributed by atoms with Gasteiger partial charge in [0.2, 0.25) is 5.91 Å². The molecule has 3 aromatic rings. The Morgan fingerprint density at radius 2 is 2.06 bits per heavy atom. The fraction of sp³-hybridized carbons (Fsp3) is 0.333. The number of anilines is 3. The molecule has 0 aromatic carbocycles. The Morgan fingerprint density at radius 3 is 2.71 bits per heavy atom. The van der Waals surface area contributed by atoms with Gasteiger partial charge >= 0.3 is 0 Å². The molecular formula is C21H23N7O3. The number of amides is 1. The van der Waals surface area contributed by atoms with E-state index in [0.29, 0.717) is 46.3 Å². The van der Waals surface area contributed by atoms with Gasteiger partial charge in [-0.15, -0.1) is 0 Å². The number of ketones is 1. The van der Waals surface area contributed by atoms with Gasteiger partial charge in [0.1, 0.15) is 11.5 Å². The standard InChI is InChI=1S/C21H23N7O3/c1-4-17(29)14-10-23-18(26-21(30)12-5-6-12)9-15(14)25-20-19(31-3)13(7-8-22-20)16-11-24-28(2)27-16/h7-12H,4-6H2,1-3H3,(H2,22,23,25,26,30). The Bertz CT molecular complexity index is 1140. The molecule has 2 N–H and O–H groups in total. The minimum atomic E-state index is -0.0842. The Labute approximate surface area is 179 Å². The first-order valence-corrected chi connectivity index (χ1v) is 10.0. The van der Waals surface area contributed by atoms with Gasteiger partial charge in [0.25, 0.3) is 0 Å². The second-order valence-corrected chi connectivity index (χ2v) is 7.24. The first kappa shape index (κ1) is 20.5. The second kappa shape index (κ2) is 8.50. The van der Waals surface area contributed by atoms with Crippen molar-refractivity contribution in [2.75, 3.05) is 17.7 Å². The lowest BCUT2D eigenvalue weighted by molar-refractivity contribution is -0.117. The molecule has 1 saturated carbocycles. The molecule has 10 heteroatoms. The minimum Gasteiger partial charge on any atom is -0.492 e. The van der Waals surface area contributed by atoms with Crippen LogP contribution in [0.4, 0.5) is 17.3 Å². The van der Waals surface area contributed by atoms with E-state index in [1.54, 1.807) is 38.5 Å². The molecule has 3 aromatic heterocycles. The van der Waals surface area contributed by atoms with Crippen LogP contribution in [0.3, 0.4) is 0 Å². The Balaban J connectivity index is 1.71. The summed E-state index contributed by atoms with van der Waals surface area (Å²) >= 11 is 0. The van der Waals surface area contributed by atoms with Crippen LogP contribution in [0.25, 0.3) is 11.3 Å². The maximum atomic E-state index is 12.5. The highest BCUT2D eigenvalue weighted by Crippen LogP contribution is 2.36. The summed E-state index contributed by atoms with van der Waals surface area (Å²) < 4.78 is 5.60. The number of carbonyl (C=O) groups is 2. The molecule has 0 unspecified atom stereocenters. The summed E-state index contributed by atoms with van der Waals surface area (Å²) in [5, 5.41) is 14.4. The highest BCUT2D eigenvalue weighted by Gasteiger charge is 2.30. The average molecular weight is 421 g/mol. The summed E-state index contributed by atoms with van der Waals surface area (Å²) in [5.74, 6) is 1.13. The van der Waals surface area contributed by atoms with Gasteiger partial charge in [0.05, 0.1) is 30.1 Å². The van der Waals surface area contributed by atoms with Gasteiger partial charge in [-0.1, -0.05) is 6.92 Å². The average Bonchev–Trinajstić information content (AvgIpc) is 3.54. The van der Waals surface area contributed by atoms with E-state index in [1.807, 2.05) is 0 Å². The molecule has 0 radical (unpaired) electrons. The summed E-state index contributed by atoms with van der Waals surface area (Å²) in [6.07, 6.45) is 6.81. The fourth-order valence-electron chi connectivity index (χ4n) is 3.16. The van der Waals surface area contributed by atoms with Crippen molar-refractivity contribution in [2.45, 2.75) is 26.2 Å². The largest absolute Gasteiger partial charge is 0.492 e. The number of carbonyl (C=O) groups excluding carboxylic acids is 2. The molecule has 1 amide bonds. The van der Waals surface area contributed by atoms with E-state index < -0.39 is 0 Å². The number of nitrogens with zero attached hydrogens (tertiary/aromatic N) is 5. The lowest BCUT2D eigenvalue weighted by atomic mass is 10.1. The molecule has 1 fully saturated rings. The molecule has 1 aliphatic rings. The molecule has 0 bridgehead atoms. The number of hydrogen-bond acceptors (Lipinski definition) is 8. The third-order valence-electron chi connectivity index (χ3n) is 4.96. The molecule has 0 spiro atoms. The lowest BCUT2D eigenvalue weighted by Gasteiger charge is -2.16. The summed E-state index contributed by atoms with van der Waals surface area (Å²) in [7, 11) is 3.27. The van der Waals surface area contributed by atoms with Crippen LogP contribution in [-0.4, -0.2) is 43.8 Å². The Kier molecular flexibility index (Phi) is 5.61. The van der Waals surface area contributed by atoms with Crippen molar-refractivity contribution in [2.24, 2.45) is 13.0 Å². The summed E-state index contributed by atoms with van der Waals surface area (Å²) in [6.45, 7) is 1.78. The number of ether oxygens (including phenoxy) is 1. The van der Waals surface area contributed by atoms with E-state index in [9.17, 15) is 9.59 Å². The number of hydrogen-bond donors (Lipinski definition) is 2. The fourth-order valence-corrected chi connectivity index (χ4v) is 3.16. The molecule has 10 nitrogen and oxygen atoms in total. The zero-order valence-corrected chi connectivity index (χ0v) is 17.5. The number of nitrogens with one attached hydrogen (secondary N) is 2. The van der Waals surface area contributed by atoms with Crippen molar-refractivity contribution in [3.05, 3.63) is 36.3 Å². The van der Waals surface area contributed by atoms with Crippen LogP contribution in [0, 0.1) is 5.92 Å². The summed E-state index contributed by atoms with van der Waals surface area (Å²) in [6, 6.07) is 3.42. The van der Waals surface area contributed by atoms with Gasteiger partial charge in [0.15, 0.2) is 17.4 Å². The maximum absolute atomic E-state index is 12.5. The van der Waals surface area contributed by atoms with Gasteiger partial charge in [0, 0.05) is 37.8 Å². The van der Waals surface area contributed by atoms with Crippen LogP contribution in [0.5, 0.6) is 5.75 Å². The molecule has 3 heterocycles. The van der Waals surface area contributed by atoms with Crippen LogP contribution in [0.15, 0.2) is 30.7 Å². The lowest BCUT2D eigenvalue weighted by Crippen LogP contribution is -2.15. The van der Waals surface area contributed by atoms with Crippen LogP contribution < -0.4 is 15.4 Å². The molecule has 4 rings (SSSR count).